The Hall–Kier alpha value is -0.830. The molecule has 1 aliphatic rings. The molecule has 3 N–H and O–H groups in total. The molecule has 0 amide bonds. The van der Waals surface area contributed by atoms with Gasteiger partial charge in [0.2, 0.25) is 0 Å². The van der Waals surface area contributed by atoms with Gasteiger partial charge in [0.15, 0.2) is 0 Å². The van der Waals surface area contributed by atoms with Crippen LogP contribution in [0.1, 0.15) is 18.4 Å². The summed E-state index contributed by atoms with van der Waals surface area (Å²) in [5, 5.41) is 3.59. The number of thioether (sulfide) groups is 1. The third kappa shape index (κ3) is 2.81. The highest BCUT2D eigenvalue weighted by molar-refractivity contribution is 7.99. The Labute approximate surface area is 95.6 Å². The molecule has 0 aliphatic carbocycles. The number of nitrogens with one attached hydrogen (secondary N) is 1. The van der Waals surface area contributed by atoms with E-state index < -0.39 is 0 Å². The second-order valence-electron chi connectivity index (χ2n) is 4.13. The molecule has 0 bridgehead atoms. The summed E-state index contributed by atoms with van der Waals surface area (Å²) in [7, 11) is 0. The molecule has 2 rings (SSSR count). The van der Waals surface area contributed by atoms with E-state index in [1.807, 2.05) is 23.9 Å². The monoisotopic (exact) mass is 222 g/mol. The van der Waals surface area contributed by atoms with Gasteiger partial charge in [0.05, 0.1) is 0 Å². The van der Waals surface area contributed by atoms with Crippen LogP contribution >= 0.6 is 11.8 Å². The fourth-order valence-electron chi connectivity index (χ4n) is 1.87. The van der Waals surface area contributed by atoms with Gasteiger partial charge in [0.25, 0.3) is 0 Å². The van der Waals surface area contributed by atoms with Crippen molar-refractivity contribution in [3.8, 4) is 0 Å². The molecule has 1 aromatic carbocycles. The van der Waals surface area contributed by atoms with Gasteiger partial charge in [-0.15, -0.1) is 0 Å². The zero-order chi connectivity index (χ0) is 10.7. The summed E-state index contributed by atoms with van der Waals surface area (Å²) >= 11 is 2.04. The van der Waals surface area contributed by atoms with Gasteiger partial charge < -0.3 is 11.1 Å². The topological polar surface area (TPSA) is 38.0 Å². The lowest BCUT2D eigenvalue weighted by atomic mass is 10.1. The summed E-state index contributed by atoms with van der Waals surface area (Å²) in [6.07, 6.45) is 2.60. The van der Waals surface area contributed by atoms with Crippen LogP contribution in [-0.4, -0.2) is 17.5 Å². The van der Waals surface area contributed by atoms with Crippen molar-refractivity contribution < 1.29 is 0 Å². The number of hydrogen-bond donors (Lipinski definition) is 2. The van der Waals surface area contributed by atoms with Crippen molar-refractivity contribution in [3.63, 3.8) is 0 Å². The lowest BCUT2D eigenvalue weighted by Crippen LogP contribution is -2.26. The predicted molar refractivity (Wildman–Crippen MR) is 69.6 cm³/mol. The van der Waals surface area contributed by atoms with Crippen molar-refractivity contribution in [2.24, 2.45) is 0 Å². The van der Waals surface area contributed by atoms with Gasteiger partial charge >= 0.3 is 0 Å². The van der Waals surface area contributed by atoms with E-state index in [1.165, 1.54) is 35.6 Å². The van der Waals surface area contributed by atoms with E-state index in [4.69, 9.17) is 5.73 Å². The van der Waals surface area contributed by atoms with Crippen LogP contribution in [0.2, 0.25) is 0 Å². The van der Waals surface area contributed by atoms with Crippen molar-refractivity contribution in [1.29, 1.82) is 0 Å². The first-order valence-electron chi connectivity index (χ1n) is 5.46. The Morgan fingerprint density at radius 2 is 2.33 bits per heavy atom. The Morgan fingerprint density at radius 3 is 3.07 bits per heavy atom. The van der Waals surface area contributed by atoms with Crippen LogP contribution in [0.15, 0.2) is 18.2 Å². The largest absolute Gasteiger partial charge is 0.399 e. The van der Waals surface area contributed by atoms with E-state index in [0.29, 0.717) is 6.04 Å². The van der Waals surface area contributed by atoms with Crippen LogP contribution in [0.3, 0.4) is 0 Å². The first-order valence-corrected chi connectivity index (χ1v) is 6.61. The van der Waals surface area contributed by atoms with Gasteiger partial charge in [-0.05, 0) is 43.2 Å². The van der Waals surface area contributed by atoms with Crippen molar-refractivity contribution in [3.05, 3.63) is 23.8 Å². The number of benzene rings is 1. The van der Waals surface area contributed by atoms with Gasteiger partial charge in [-0.25, -0.2) is 0 Å². The second kappa shape index (κ2) is 4.79. The molecule has 1 saturated heterocycles. The third-order valence-electron chi connectivity index (χ3n) is 2.78. The Morgan fingerprint density at radius 1 is 1.47 bits per heavy atom. The molecule has 0 radical (unpaired) electrons. The normalized spacial score (nSPS) is 21.3. The van der Waals surface area contributed by atoms with E-state index in [-0.39, 0.29) is 0 Å². The molecule has 1 fully saturated rings. The standard InChI is InChI=1S/C12H18N2S/c1-9-4-5-10(13)7-12(9)14-11-3-2-6-15-8-11/h4-5,7,11,14H,2-3,6,8,13H2,1H3. The predicted octanol–water partition coefficient (Wildman–Crippen LogP) is 2.88. The summed E-state index contributed by atoms with van der Waals surface area (Å²) in [6.45, 7) is 2.12. The number of aryl methyl sites for hydroxylation is 1. The van der Waals surface area contributed by atoms with Crippen LogP contribution in [0, 0.1) is 6.92 Å². The van der Waals surface area contributed by atoms with Crippen LogP contribution < -0.4 is 11.1 Å². The lowest BCUT2D eigenvalue weighted by Gasteiger charge is -2.24. The van der Waals surface area contributed by atoms with E-state index in [2.05, 4.69) is 18.3 Å². The highest BCUT2D eigenvalue weighted by atomic mass is 32.2. The minimum Gasteiger partial charge on any atom is -0.399 e. The molecule has 0 saturated carbocycles. The van der Waals surface area contributed by atoms with Crippen molar-refractivity contribution in [2.45, 2.75) is 25.8 Å². The van der Waals surface area contributed by atoms with Crippen LogP contribution in [-0.2, 0) is 0 Å². The minimum absolute atomic E-state index is 0.615. The zero-order valence-electron chi connectivity index (χ0n) is 9.12. The number of hydrogen-bond acceptors (Lipinski definition) is 3. The van der Waals surface area contributed by atoms with Crippen LogP contribution in [0.4, 0.5) is 11.4 Å². The van der Waals surface area contributed by atoms with Gasteiger partial charge in [-0.3, -0.25) is 0 Å². The maximum atomic E-state index is 5.79. The molecule has 2 nitrogen and oxygen atoms in total. The molecule has 1 heterocycles. The number of nitrogen functional groups attached to an aromatic ring is 1. The van der Waals surface area contributed by atoms with E-state index in [9.17, 15) is 0 Å². The van der Waals surface area contributed by atoms with Gasteiger partial charge in [0.1, 0.15) is 0 Å². The Kier molecular flexibility index (Phi) is 3.41. The molecule has 1 aliphatic heterocycles. The highest BCUT2D eigenvalue weighted by Gasteiger charge is 2.13. The Balaban J connectivity index is 2.05. The number of rotatable bonds is 2. The maximum absolute atomic E-state index is 5.79. The SMILES string of the molecule is Cc1ccc(N)cc1NC1CCCSC1. The second-order valence-corrected chi connectivity index (χ2v) is 5.28. The number of anilines is 2. The molecule has 82 valence electrons. The van der Waals surface area contributed by atoms with E-state index >= 15 is 0 Å². The van der Waals surface area contributed by atoms with E-state index in [1.54, 1.807) is 0 Å². The molecule has 3 heteroatoms. The average Bonchev–Trinajstić information content (AvgIpc) is 2.25. The molecule has 15 heavy (non-hydrogen) atoms. The fraction of sp³-hybridized carbons (Fsp3) is 0.500. The number of nitrogens with two attached hydrogens (primary N) is 1. The molecule has 1 aromatic rings. The molecule has 1 atom stereocenters. The smallest absolute Gasteiger partial charge is 0.0392 e. The quantitative estimate of drug-likeness (QED) is 0.756. The lowest BCUT2D eigenvalue weighted by molar-refractivity contribution is 0.685. The maximum Gasteiger partial charge on any atom is 0.0392 e. The zero-order valence-corrected chi connectivity index (χ0v) is 9.94. The molecule has 0 aromatic heterocycles. The fourth-order valence-corrected chi connectivity index (χ4v) is 2.94. The van der Waals surface area contributed by atoms with Crippen LogP contribution in [0.5, 0.6) is 0 Å². The highest BCUT2D eigenvalue weighted by Crippen LogP contribution is 2.24. The summed E-state index contributed by atoms with van der Waals surface area (Å²) in [6, 6.07) is 6.68. The molecular weight excluding hydrogens is 204 g/mol. The first kappa shape index (κ1) is 10.7. The van der Waals surface area contributed by atoms with Gasteiger partial charge in [-0.2, -0.15) is 11.8 Å². The van der Waals surface area contributed by atoms with Crippen molar-refractivity contribution in [2.75, 3.05) is 22.6 Å². The van der Waals surface area contributed by atoms with E-state index in [0.717, 1.165) is 5.69 Å². The molecular formula is C12H18N2S. The van der Waals surface area contributed by atoms with Gasteiger partial charge in [0, 0.05) is 23.2 Å². The van der Waals surface area contributed by atoms with Crippen molar-refractivity contribution in [1.82, 2.24) is 0 Å². The molecule has 0 spiro atoms. The van der Waals surface area contributed by atoms with Gasteiger partial charge in [-0.1, -0.05) is 6.07 Å². The van der Waals surface area contributed by atoms with Crippen LogP contribution in [0.25, 0.3) is 0 Å². The summed E-state index contributed by atoms with van der Waals surface area (Å²) < 4.78 is 0. The third-order valence-corrected chi connectivity index (χ3v) is 4.00. The minimum atomic E-state index is 0.615. The summed E-state index contributed by atoms with van der Waals surface area (Å²) in [5.74, 6) is 2.53. The average molecular weight is 222 g/mol. The molecule has 1 unspecified atom stereocenters. The summed E-state index contributed by atoms with van der Waals surface area (Å²) in [5.41, 5.74) is 9.10. The Bertz CT molecular complexity index is 332. The van der Waals surface area contributed by atoms with Crippen molar-refractivity contribution >= 4 is 23.1 Å². The first-order chi connectivity index (χ1) is 7.25. The summed E-state index contributed by atoms with van der Waals surface area (Å²) in [4.78, 5) is 0.